The van der Waals surface area contributed by atoms with Crippen molar-refractivity contribution in [2.45, 2.75) is 26.7 Å². The molecule has 16 heavy (non-hydrogen) atoms. The molecule has 0 heterocycles. The van der Waals surface area contributed by atoms with Gasteiger partial charge in [-0.05, 0) is 24.6 Å². The van der Waals surface area contributed by atoms with Gasteiger partial charge in [0.1, 0.15) is 0 Å². The Morgan fingerprint density at radius 3 is 2.44 bits per heavy atom. The van der Waals surface area contributed by atoms with E-state index in [4.69, 9.17) is 28.6 Å². The Kier molecular flexibility index (Phi) is 5.10. The Labute approximate surface area is 107 Å². The third kappa shape index (κ3) is 3.13. The maximum atomic E-state index is 7.91. The van der Waals surface area contributed by atoms with Crippen LogP contribution >= 0.6 is 23.2 Å². The number of hydrogen-bond donors (Lipinski definition) is 1. The van der Waals surface area contributed by atoms with Crippen molar-refractivity contribution in [3.63, 3.8) is 0 Å². The number of hydrogen-bond acceptors (Lipinski definition) is 1. The molecule has 0 aromatic heterocycles. The molecule has 2 nitrogen and oxygen atoms in total. The van der Waals surface area contributed by atoms with Crippen molar-refractivity contribution < 1.29 is 0 Å². The quantitative estimate of drug-likeness (QED) is 0.621. The molecule has 1 aromatic rings. The second kappa shape index (κ2) is 6.12. The Bertz CT molecular complexity index is 377. The molecular weight excluding hydrogens is 243 g/mol. The standard InChI is InChI=1S/C12H16Cl2N2/c1-3-7-16(12(15)4-2)9-5-6-10(13)11(14)8-9/h5-6,8,15H,3-4,7H2,1-2H3. The van der Waals surface area contributed by atoms with Crippen LogP contribution in [0.25, 0.3) is 0 Å². The summed E-state index contributed by atoms with van der Waals surface area (Å²) in [4.78, 5) is 1.96. The third-order valence-electron chi connectivity index (χ3n) is 2.32. The van der Waals surface area contributed by atoms with Crippen LogP contribution in [0.15, 0.2) is 18.2 Å². The summed E-state index contributed by atoms with van der Waals surface area (Å²) in [6, 6.07) is 5.47. The summed E-state index contributed by atoms with van der Waals surface area (Å²) in [6.07, 6.45) is 1.70. The van der Waals surface area contributed by atoms with Crippen molar-refractivity contribution >= 4 is 34.7 Å². The maximum Gasteiger partial charge on any atom is 0.0999 e. The Morgan fingerprint density at radius 2 is 1.94 bits per heavy atom. The predicted octanol–water partition coefficient (Wildman–Crippen LogP) is 4.60. The molecule has 0 amide bonds. The number of benzene rings is 1. The van der Waals surface area contributed by atoms with Crippen molar-refractivity contribution in [2.75, 3.05) is 11.4 Å². The lowest BCUT2D eigenvalue weighted by atomic mass is 10.2. The second-order valence-corrected chi connectivity index (χ2v) is 4.36. The van der Waals surface area contributed by atoms with Gasteiger partial charge in [0, 0.05) is 18.7 Å². The molecule has 0 spiro atoms. The molecule has 1 rings (SSSR count). The highest BCUT2D eigenvalue weighted by Gasteiger charge is 2.11. The molecule has 0 bridgehead atoms. The first kappa shape index (κ1) is 13.3. The zero-order valence-corrected chi connectivity index (χ0v) is 11.1. The normalized spacial score (nSPS) is 10.2. The van der Waals surface area contributed by atoms with Crippen molar-refractivity contribution in [3.8, 4) is 0 Å². The molecular formula is C12H16Cl2N2. The minimum absolute atomic E-state index is 0.532. The largest absolute Gasteiger partial charge is 0.330 e. The van der Waals surface area contributed by atoms with E-state index in [0.717, 1.165) is 18.7 Å². The highest BCUT2D eigenvalue weighted by Crippen LogP contribution is 2.27. The lowest BCUT2D eigenvalue weighted by molar-refractivity contribution is 0.885. The molecule has 0 aliphatic carbocycles. The van der Waals surface area contributed by atoms with E-state index in [-0.39, 0.29) is 0 Å². The summed E-state index contributed by atoms with van der Waals surface area (Å²) in [7, 11) is 0. The molecule has 0 fully saturated rings. The summed E-state index contributed by atoms with van der Waals surface area (Å²) in [6.45, 7) is 4.89. The van der Waals surface area contributed by atoms with Crippen molar-refractivity contribution in [3.05, 3.63) is 28.2 Å². The van der Waals surface area contributed by atoms with Gasteiger partial charge in [0.25, 0.3) is 0 Å². The number of amidine groups is 1. The molecule has 88 valence electrons. The van der Waals surface area contributed by atoms with Crippen LogP contribution in [-0.4, -0.2) is 12.4 Å². The van der Waals surface area contributed by atoms with Crippen LogP contribution in [-0.2, 0) is 0 Å². The van der Waals surface area contributed by atoms with Gasteiger partial charge < -0.3 is 4.90 Å². The van der Waals surface area contributed by atoms with Gasteiger partial charge in [0.05, 0.1) is 15.9 Å². The summed E-state index contributed by atoms with van der Waals surface area (Å²) < 4.78 is 0. The van der Waals surface area contributed by atoms with Gasteiger partial charge in [-0.15, -0.1) is 0 Å². The van der Waals surface area contributed by atoms with E-state index in [1.807, 2.05) is 24.0 Å². The molecule has 0 saturated heterocycles. The highest BCUT2D eigenvalue weighted by atomic mass is 35.5. The minimum Gasteiger partial charge on any atom is -0.330 e. The van der Waals surface area contributed by atoms with Gasteiger partial charge in [-0.1, -0.05) is 37.0 Å². The number of rotatable bonds is 4. The maximum absolute atomic E-state index is 7.91. The van der Waals surface area contributed by atoms with E-state index in [2.05, 4.69) is 6.92 Å². The van der Waals surface area contributed by atoms with E-state index in [9.17, 15) is 0 Å². The van der Waals surface area contributed by atoms with Crippen LogP contribution in [0.1, 0.15) is 26.7 Å². The summed E-state index contributed by atoms with van der Waals surface area (Å²) in [5.74, 6) is 0.597. The molecule has 0 aliphatic rings. The summed E-state index contributed by atoms with van der Waals surface area (Å²) in [5, 5.41) is 8.99. The second-order valence-electron chi connectivity index (χ2n) is 3.55. The molecule has 1 aromatic carbocycles. The zero-order chi connectivity index (χ0) is 12.1. The van der Waals surface area contributed by atoms with Crippen LogP contribution in [0.3, 0.4) is 0 Å². The van der Waals surface area contributed by atoms with Gasteiger partial charge in [-0.2, -0.15) is 0 Å². The van der Waals surface area contributed by atoms with Crippen LogP contribution in [0, 0.1) is 5.41 Å². The Hall–Kier alpha value is -0.730. The average molecular weight is 259 g/mol. The van der Waals surface area contributed by atoms with Gasteiger partial charge in [-0.3, -0.25) is 5.41 Å². The first-order valence-corrected chi connectivity index (χ1v) is 6.15. The number of halogens is 2. The predicted molar refractivity (Wildman–Crippen MR) is 72.1 cm³/mol. The van der Waals surface area contributed by atoms with Crippen molar-refractivity contribution in [1.29, 1.82) is 5.41 Å². The fourth-order valence-corrected chi connectivity index (χ4v) is 1.78. The Balaban J connectivity index is 3.01. The fourth-order valence-electron chi connectivity index (χ4n) is 1.49. The van der Waals surface area contributed by atoms with E-state index < -0.39 is 0 Å². The number of nitrogens with one attached hydrogen (secondary N) is 1. The monoisotopic (exact) mass is 258 g/mol. The van der Waals surface area contributed by atoms with Crippen LogP contribution in [0.2, 0.25) is 10.0 Å². The molecule has 1 N–H and O–H groups in total. The van der Waals surface area contributed by atoms with E-state index in [1.54, 1.807) is 6.07 Å². The van der Waals surface area contributed by atoms with Crippen LogP contribution in [0.4, 0.5) is 5.69 Å². The fraction of sp³-hybridized carbons (Fsp3) is 0.417. The van der Waals surface area contributed by atoms with Crippen molar-refractivity contribution in [1.82, 2.24) is 0 Å². The van der Waals surface area contributed by atoms with Crippen LogP contribution < -0.4 is 4.90 Å². The smallest absolute Gasteiger partial charge is 0.0999 e. The van der Waals surface area contributed by atoms with E-state index >= 15 is 0 Å². The number of nitrogens with zero attached hydrogens (tertiary/aromatic N) is 1. The third-order valence-corrected chi connectivity index (χ3v) is 3.06. The molecule has 0 unspecified atom stereocenters. The highest BCUT2D eigenvalue weighted by molar-refractivity contribution is 6.42. The molecule has 0 radical (unpaired) electrons. The lowest BCUT2D eigenvalue weighted by Crippen LogP contribution is -2.30. The first-order valence-electron chi connectivity index (χ1n) is 5.40. The summed E-state index contributed by atoms with van der Waals surface area (Å²) in [5.41, 5.74) is 0.933. The molecule has 4 heteroatoms. The average Bonchev–Trinajstić information content (AvgIpc) is 2.29. The van der Waals surface area contributed by atoms with E-state index in [0.29, 0.717) is 22.3 Å². The minimum atomic E-state index is 0.532. The topological polar surface area (TPSA) is 27.1 Å². The molecule has 0 atom stereocenters. The van der Waals surface area contributed by atoms with E-state index in [1.165, 1.54) is 0 Å². The van der Waals surface area contributed by atoms with Gasteiger partial charge in [0.2, 0.25) is 0 Å². The first-order chi connectivity index (χ1) is 7.60. The molecule has 0 aliphatic heterocycles. The Morgan fingerprint density at radius 1 is 1.25 bits per heavy atom. The van der Waals surface area contributed by atoms with Crippen molar-refractivity contribution in [2.24, 2.45) is 0 Å². The lowest BCUT2D eigenvalue weighted by Gasteiger charge is -2.24. The number of anilines is 1. The van der Waals surface area contributed by atoms with Gasteiger partial charge >= 0.3 is 0 Å². The zero-order valence-electron chi connectivity index (χ0n) is 9.56. The molecule has 0 saturated carbocycles. The van der Waals surface area contributed by atoms with Gasteiger partial charge in [0.15, 0.2) is 0 Å². The van der Waals surface area contributed by atoms with Gasteiger partial charge in [-0.25, -0.2) is 0 Å². The SMILES string of the molecule is CCCN(C(=N)CC)c1ccc(Cl)c(Cl)c1. The van der Waals surface area contributed by atoms with Crippen LogP contribution in [0.5, 0.6) is 0 Å². The summed E-state index contributed by atoms with van der Waals surface area (Å²) >= 11 is 11.8.